The van der Waals surface area contributed by atoms with Gasteiger partial charge in [0.15, 0.2) is 6.10 Å². The second kappa shape index (κ2) is 5.42. The number of hydrogen-bond donors (Lipinski definition) is 2. The summed E-state index contributed by atoms with van der Waals surface area (Å²) in [4.78, 5) is 11.6. The van der Waals surface area contributed by atoms with Crippen LogP contribution < -0.4 is 5.32 Å². The predicted molar refractivity (Wildman–Crippen MR) is 68.2 cm³/mol. The molecule has 5 heteroatoms. The van der Waals surface area contributed by atoms with E-state index in [2.05, 4.69) is 5.32 Å². The Morgan fingerprint density at radius 3 is 2.72 bits per heavy atom. The number of rotatable bonds is 4. The highest BCUT2D eigenvalue weighted by atomic mass is 35.5. The maximum atomic E-state index is 11.6. The van der Waals surface area contributed by atoms with Crippen molar-refractivity contribution in [2.24, 2.45) is 0 Å². The van der Waals surface area contributed by atoms with E-state index in [1.54, 1.807) is 31.2 Å². The smallest absolute Gasteiger partial charge is 0.412 e. The zero-order chi connectivity index (χ0) is 13.1. The Kier molecular flexibility index (Phi) is 3.89. The van der Waals surface area contributed by atoms with Crippen LogP contribution >= 0.6 is 11.6 Å². The van der Waals surface area contributed by atoms with Crippen molar-refractivity contribution in [3.63, 3.8) is 0 Å². The van der Waals surface area contributed by atoms with Crippen molar-refractivity contribution in [2.75, 3.05) is 0 Å². The summed E-state index contributed by atoms with van der Waals surface area (Å²) in [6.45, 7) is 1.55. The van der Waals surface area contributed by atoms with Crippen molar-refractivity contribution in [2.45, 2.75) is 25.6 Å². The number of ether oxygens (including phenoxy) is 1. The molecule has 1 aromatic carbocycles. The number of carbonyl (C=O) groups excluding carboxylic acids is 1. The lowest BCUT2D eigenvalue weighted by Gasteiger charge is -2.21. The first-order chi connectivity index (χ1) is 8.58. The van der Waals surface area contributed by atoms with E-state index >= 15 is 0 Å². The summed E-state index contributed by atoms with van der Waals surface area (Å²) < 4.78 is 5.20. The fraction of sp³-hybridized carbons (Fsp3) is 0.308. The molecule has 18 heavy (non-hydrogen) atoms. The lowest BCUT2D eigenvalue weighted by atomic mass is 10.1. The number of hydrogen-bond acceptors (Lipinski definition) is 3. The van der Waals surface area contributed by atoms with Gasteiger partial charge in [-0.2, -0.15) is 0 Å². The molecule has 0 heterocycles. The number of aliphatic hydroxyl groups is 1. The van der Waals surface area contributed by atoms with Gasteiger partial charge in [-0.15, -0.1) is 0 Å². The highest BCUT2D eigenvalue weighted by molar-refractivity contribution is 6.31. The SMILES string of the molecule is CC(O)C(OC(=O)NC1=CC1)c1ccccc1Cl. The van der Waals surface area contributed by atoms with E-state index in [-0.39, 0.29) is 0 Å². The maximum absolute atomic E-state index is 11.6. The molecule has 0 saturated carbocycles. The zero-order valence-corrected chi connectivity index (χ0v) is 10.6. The highest BCUT2D eigenvalue weighted by Crippen LogP contribution is 2.28. The molecule has 2 rings (SSSR count). The average molecular weight is 268 g/mol. The molecule has 96 valence electrons. The van der Waals surface area contributed by atoms with Gasteiger partial charge in [-0.1, -0.05) is 35.9 Å². The fourth-order valence-electron chi connectivity index (χ4n) is 1.56. The van der Waals surface area contributed by atoms with Crippen molar-refractivity contribution >= 4 is 17.7 Å². The minimum absolute atomic E-state index is 0.460. The molecule has 2 unspecified atom stereocenters. The Bertz CT molecular complexity index is 485. The van der Waals surface area contributed by atoms with Crippen LogP contribution in [0.2, 0.25) is 5.02 Å². The Hall–Kier alpha value is -1.52. The Labute approximate surface area is 110 Å². The number of carbonyl (C=O) groups is 1. The molecule has 2 N–H and O–H groups in total. The molecule has 1 aromatic rings. The molecule has 2 atom stereocenters. The molecule has 0 bridgehead atoms. The number of aliphatic hydroxyl groups excluding tert-OH is 1. The van der Waals surface area contributed by atoms with E-state index < -0.39 is 18.3 Å². The second-order valence-electron chi connectivity index (χ2n) is 4.15. The molecule has 1 aliphatic rings. The predicted octanol–water partition coefficient (Wildman–Crippen LogP) is 2.78. The van der Waals surface area contributed by atoms with Gasteiger partial charge in [0, 0.05) is 22.7 Å². The van der Waals surface area contributed by atoms with E-state index in [4.69, 9.17) is 16.3 Å². The highest BCUT2D eigenvalue weighted by Gasteiger charge is 2.25. The van der Waals surface area contributed by atoms with Crippen LogP contribution in [-0.2, 0) is 4.74 Å². The van der Waals surface area contributed by atoms with Gasteiger partial charge in [-0.25, -0.2) is 4.79 Å². The molecule has 0 radical (unpaired) electrons. The number of allylic oxidation sites excluding steroid dienone is 2. The van der Waals surface area contributed by atoms with Gasteiger partial charge in [-0.05, 0) is 13.0 Å². The van der Waals surface area contributed by atoms with Crippen molar-refractivity contribution in [1.29, 1.82) is 0 Å². The topological polar surface area (TPSA) is 58.6 Å². The van der Waals surface area contributed by atoms with E-state index in [0.29, 0.717) is 10.6 Å². The lowest BCUT2D eigenvalue weighted by molar-refractivity contribution is 0.0119. The number of benzene rings is 1. The van der Waals surface area contributed by atoms with E-state index in [0.717, 1.165) is 12.1 Å². The first kappa shape index (κ1) is 12.9. The van der Waals surface area contributed by atoms with Crippen LogP contribution in [0.25, 0.3) is 0 Å². The minimum atomic E-state index is -0.844. The maximum Gasteiger partial charge on any atom is 0.412 e. The fourth-order valence-corrected chi connectivity index (χ4v) is 1.80. The second-order valence-corrected chi connectivity index (χ2v) is 4.55. The van der Waals surface area contributed by atoms with Crippen LogP contribution in [0.1, 0.15) is 25.0 Å². The monoisotopic (exact) mass is 267 g/mol. The third kappa shape index (κ3) is 3.24. The minimum Gasteiger partial charge on any atom is -0.438 e. The van der Waals surface area contributed by atoms with Crippen LogP contribution in [0.5, 0.6) is 0 Å². The third-order valence-corrected chi connectivity index (χ3v) is 2.90. The summed E-state index contributed by atoms with van der Waals surface area (Å²) in [5.74, 6) is 0. The van der Waals surface area contributed by atoms with Crippen LogP contribution in [-0.4, -0.2) is 17.3 Å². The van der Waals surface area contributed by atoms with Crippen LogP contribution in [0, 0.1) is 0 Å². The standard InChI is InChI=1S/C13H14ClNO3/c1-8(16)12(10-4-2-3-5-11(10)14)18-13(17)15-9-6-7-9/h2-6,8,12,16H,7H2,1H3,(H,15,17). The Morgan fingerprint density at radius 2 is 2.17 bits per heavy atom. The number of amides is 1. The first-order valence-corrected chi connectivity index (χ1v) is 6.05. The quantitative estimate of drug-likeness (QED) is 0.882. The van der Waals surface area contributed by atoms with Crippen molar-refractivity contribution < 1.29 is 14.6 Å². The van der Waals surface area contributed by atoms with E-state index in [1.807, 2.05) is 6.08 Å². The molecule has 0 fully saturated rings. The number of alkyl carbamates (subject to hydrolysis) is 1. The Morgan fingerprint density at radius 1 is 1.50 bits per heavy atom. The summed E-state index contributed by atoms with van der Waals surface area (Å²) in [5, 5.41) is 12.7. The van der Waals surface area contributed by atoms with Gasteiger partial charge in [0.05, 0.1) is 6.10 Å². The van der Waals surface area contributed by atoms with Crippen LogP contribution in [0.4, 0.5) is 4.79 Å². The molecule has 0 aliphatic heterocycles. The molecule has 4 nitrogen and oxygen atoms in total. The van der Waals surface area contributed by atoms with Crippen molar-refractivity contribution in [3.05, 3.63) is 46.6 Å². The largest absolute Gasteiger partial charge is 0.438 e. The molecule has 1 amide bonds. The Balaban J connectivity index is 2.10. The lowest BCUT2D eigenvalue weighted by Crippen LogP contribution is -2.27. The van der Waals surface area contributed by atoms with Gasteiger partial charge < -0.3 is 9.84 Å². The van der Waals surface area contributed by atoms with Crippen LogP contribution in [0.3, 0.4) is 0 Å². The van der Waals surface area contributed by atoms with Crippen molar-refractivity contribution in [3.8, 4) is 0 Å². The van der Waals surface area contributed by atoms with E-state index in [1.165, 1.54) is 0 Å². The summed E-state index contributed by atoms with van der Waals surface area (Å²) in [6.07, 6.45) is 0.445. The molecular formula is C13H14ClNO3. The van der Waals surface area contributed by atoms with E-state index in [9.17, 15) is 9.90 Å². The molecule has 0 spiro atoms. The molecule has 0 aromatic heterocycles. The number of halogens is 1. The van der Waals surface area contributed by atoms with Gasteiger partial charge in [0.2, 0.25) is 0 Å². The normalized spacial score (nSPS) is 16.5. The third-order valence-electron chi connectivity index (χ3n) is 2.55. The summed E-state index contributed by atoms with van der Waals surface area (Å²) in [5.41, 5.74) is 1.43. The van der Waals surface area contributed by atoms with Crippen LogP contribution in [0.15, 0.2) is 36.0 Å². The summed E-state index contributed by atoms with van der Waals surface area (Å²) in [6, 6.07) is 6.97. The molecular weight excluding hydrogens is 254 g/mol. The van der Waals surface area contributed by atoms with Crippen molar-refractivity contribution in [1.82, 2.24) is 5.32 Å². The zero-order valence-electron chi connectivity index (χ0n) is 9.89. The van der Waals surface area contributed by atoms with Gasteiger partial charge in [-0.3, -0.25) is 5.32 Å². The molecule has 1 aliphatic carbocycles. The van der Waals surface area contributed by atoms with Gasteiger partial charge in [0.1, 0.15) is 0 Å². The average Bonchev–Trinajstić information content (AvgIpc) is 3.10. The van der Waals surface area contributed by atoms with Gasteiger partial charge >= 0.3 is 6.09 Å². The number of nitrogens with one attached hydrogen (secondary N) is 1. The molecule has 0 saturated heterocycles. The summed E-state index contributed by atoms with van der Waals surface area (Å²) in [7, 11) is 0. The summed E-state index contributed by atoms with van der Waals surface area (Å²) >= 11 is 6.03. The van der Waals surface area contributed by atoms with Gasteiger partial charge in [0.25, 0.3) is 0 Å². The first-order valence-electron chi connectivity index (χ1n) is 5.67.